The molecule has 0 radical (unpaired) electrons. The van der Waals surface area contributed by atoms with E-state index in [1.807, 2.05) is 11.9 Å². The monoisotopic (exact) mass is 239 g/mol. The minimum atomic E-state index is -0.625. The van der Waals surface area contributed by atoms with Crippen molar-refractivity contribution in [1.82, 2.24) is 0 Å². The maximum absolute atomic E-state index is 13.8. The Bertz CT molecular complexity index is 363. The predicted octanol–water partition coefficient (Wildman–Crippen LogP) is 3.36. The lowest BCUT2D eigenvalue weighted by Gasteiger charge is -2.21. The highest BCUT2D eigenvalue weighted by atomic mass is 19.1. The summed E-state index contributed by atoms with van der Waals surface area (Å²) < 4.78 is 13.8. The van der Waals surface area contributed by atoms with Crippen LogP contribution >= 0.6 is 0 Å². The predicted molar refractivity (Wildman–Crippen MR) is 69.8 cm³/mol. The molecule has 96 valence electrons. The fourth-order valence-electron chi connectivity index (χ4n) is 1.66. The van der Waals surface area contributed by atoms with Crippen LogP contribution in [-0.2, 0) is 0 Å². The Labute approximate surface area is 103 Å². The second kappa shape index (κ2) is 6.01. The number of hydrogen-bond acceptors (Lipinski definition) is 2. The van der Waals surface area contributed by atoms with Crippen LogP contribution in [-0.4, -0.2) is 18.7 Å². The normalized spacial score (nSPS) is 12.9. The zero-order valence-corrected chi connectivity index (χ0v) is 11.1. The molecule has 0 saturated heterocycles. The molecule has 1 atom stereocenters. The molecule has 0 aromatic heterocycles. The lowest BCUT2D eigenvalue weighted by atomic mass is 10.1. The van der Waals surface area contributed by atoms with Crippen molar-refractivity contribution in [2.45, 2.75) is 33.3 Å². The summed E-state index contributed by atoms with van der Waals surface area (Å²) in [4.78, 5) is 1.92. The number of halogens is 1. The molecule has 1 N–H and O–H groups in total. The fraction of sp³-hybridized carbons (Fsp3) is 0.571. The largest absolute Gasteiger partial charge is 0.389 e. The Morgan fingerprint density at radius 3 is 2.41 bits per heavy atom. The molecule has 0 heterocycles. The van der Waals surface area contributed by atoms with Crippen molar-refractivity contribution >= 4 is 5.69 Å². The number of nitrogens with zero attached hydrogens (tertiary/aromatic N) is 1. The summed E-state index contributed by atoms with van der Waals surface area (Å²) in [6.45, 7) is 6.78. The molecule has 0 saturated carbocycles. The van der Waals surface area contributed by atoms with Crippen molar-refractivity contribution < 1.29 is 9.50 Å². The molecule has 2 nitrogen and oxygen atoms in total. The zero-order valence-electron chi connectivity index (χ0n) is 11.1. The first-order chi connectivity index (χ1) is 7.91. The third-order valence-corrected chi connectivity index (χ3v) is 2.91. The Balaban J connectivity index is 2.77. The van der Waals surface area contributed by atoms with Gasteiger partial charge >= 0.3 is 0 Å². The molecule has 0 unspecified atom stereocenters. The van der Waals surface area contributed by atoms with Gasteiger partial charge in [0.1, 0.15) is 5.82 Å². The lowest BCUT2D eigenvalue weighted by molar-refractivity contribution is 0.199. The SMILES string of the molecule is CC(C)CCN(C)c1ccc([C@@H](C)O)cc1F. The van der Waals surface area contributed by atoms with Crippen LogP contribution in [0.1, 0.15) is 38.9 Å². The average Bonchev–Trinajstić information content (AvgIpc) is 2.25. The van der Waals surface area contributed by atoms with Gasteiger partial charge < -0.3 is 10.0 Å². The minimum absolute atomic E-state index is 0.269. The smallest absolute Gasteiger partial charge is 0.146 e. The second-order valence-corrected chi connectivity index (χ2v) is 4.99. The van der Waals surface area contributed by atoms with E-state index >= 15 is 0 Å². The standard InChI is InChI=1S/C14H22FNO/c1-10(2)7-8-16(4)14-6-5-12(11(3)17)9-13(14)15/h5-6,9-11,17H,7-8H2,1-4H3/t11-/m1/s1. The third kappa shape index (κ3) is 4.00. The number of aliphatic hydroxyl groups excluding tert-OH is 1. The maximum Gasteiger partial charge on any atom is 0.146 e. The van der Waals surface area contributed by atoms with Gasteiger partial charge in [0.15, 0.2) is 0 Å². The van der Waals surface area contributed by atoms with Gasteiger partial charge in [-0.1, -0.05) is 19.9 Å². The average molecular weight is 239 g/mol. The molecule has 1 rings (SSSR count). The summed E-state index contributed by atoms with van der Waals surface area (Å²) in [5, 5.41) is 9.37. The van der Waals surface area contributed by atoms with Gasteiger partial charge in [-0.15, -0.1) is 0 Å². The van der Waals surface area contributed by atoms with E-state index < -0.39 is 6.10 Å². The molecular weight excluding hydrogens is 217 g/mol. The highest BCUT2D eigenvalue weighted by Gasteiger charge is 2.10. The van der Waals surface area contributed by atoms with Crippen LogP contribution < -0.4 is 4.90 Å². The van der Waals surface area contributed by atoms with E-state index in [1.54, 1.807) is 19.1 Å². The van der Waals surface area contributed by atoms with Gasteiger partial charge in [0, 0.05) is 13.6 Å². The van der Waals surface area contributed by atoms with Crippen LogP contribution in [0.3, 0.4) is 0 Å². The van der Waals surface area contributed by atoms with Crippen molar-refractivity contribution in [3.63, 3.8) is 0 Å². The highest BCUT2D eigenvalue weighted by molar-refractivity contribution is 5.48. The number of anilines is 1. The Morgan fingerprint density at radius 1 is 1.29 bits per heavy atom. The van der Waals surface area contributed by atoms with Crippen LogP contribution in [0, 0.1) is 11.7 Å². The van der Waals surface area contributed by atoms with Gasteiger partial charge in [0.05, 0.1) is 11.8 Å². The number of benzene rings is 1. The van der Waals surface area contributed by atoms with Crippen LogP contribution in [0.4, 0.5) is 10.1 Å². The van der Waals surface area contributed by atoms with Gasteiger partial charge in [-0.2, -0.15) is 0 Å². The summed E-state index contributed by atoms with van der Waals surface area (Å²) in [6.07, 6.45) is 0.410. The van der Waals surface area contributed by atoms with Crippen molar-refractivity contribution in [3.8, 4) is 0 Å². The maximum atomic E-state index is 13.8. The van der Waals surface area contributed by atoms with Crippen LogP contribution in [0.25, 0.3) is 0 Å². The topological polar surface area (TPSA) is 23.5 Å². The number of hydrogen-bond donors (Lipinski definition) is 1. The van der Waals surface area contributed by atoms with Crippen LogP contribution in [0.2, 0.25) is 0 Å². The van der Waals surface area contributed by atoms with E-state index in [0.29, 0.717) is 17.2 Å². The fourth-order valence-corrected chi connectivity index (χ4v) is 1.66. The van der Waals surface area contributed by atoms with Crippen molar-refractivity contribution in [1.29, 1.82) is 0 Å². The van der Waals surface area contributed by atoms with Crippen molar-refractivity contribution in [2.24, 2.45) is 5.92 Å². The van der Waals surface area contributed by atoms with E-state index in [2.05, 4.69) is 13.8 Å². The molecule has 0 spiro atoms. The van der Waals surface area contributed by atoms with Crippen LogP contribution in [0.5, 0.6) is 0 Å². The van der Waals surface area contributed by atoms with E-state index in [4.69, 9.17) is 0 Å². The first kappa shape index (κ1) is 14.0. The second-order valence-electron chi connectivity index (χ2n) is 4.99. The van der Waals surface area contributed by atoms with E-state index in [-0.39, 0.29) is 5.82 Å². The van der Waals surface area contributed by atoms with Crippen molar-refractivity contribution in [3.05, 3.63) is 29.6 Å². The quantitative estimate of drug-likeness (QED) is 0.851. The Morgan fingerprint density at radius 2 is 1.94 bits per heavy atom. The van der Waals surface area contributed by atoms with Gasteiger partial charge in [-0.3, -0.25) is 0 Å². The van der Waals surface area contributed by atoms with E-state index in [9.17, 15) is 9.50 Å². The van der Waals surface area contributed by atoms with Gasteiger partial charge in [-0.05, 0) is 37.0 Å². The number of rotatable bonds is 5. The minimum Gasteiger partial charge on any atom is -0.389 e. The third-order valence-electron chi connectivity index (χ3n) is 2.91. The molecule has 0 aliphatic carbocycles. The molecule has 0 bridgehead atoms. The first-order valence-corrected chi connectivity index (χ1v) is 6.10. The van der Waals surface area contributed by atoms with Crippen molar-refractivity contribution in [2.75, 3.05) is 18.5 Å². The molecule has 0 aliphatic rings. The first-order valence-electron chi connectivity index (χ1n) is 6.10. The molecule has 0 aliphatic heterocycles. The highest BCUT2D eigenvalue weighted by Crippen LogP contribution is 2.23. The molecule has 17 heavy (non-hydrogen) atoms. The Kier molecular flexibility index (Phi) is 4.94. The molecule has 1 aromatic carbocycles. The number of aliphatic hydroxyl groups is 1. The molecule has 3 heteroatoms. The van der Waals surface area contributed by atoms with Gasteiger partial charge in [0.25, 0.3) is 0 Å². The summed E-state index contributed by atoms with van der Waals surface area (Å²) in [6, 6.07) is 4.92. The summed E-state index contributed by atoms with van der Waals surface area (Å²) in [5.41, 5.74) is 1.21. The van der Waals surface area contributed by atoms with E-state index in [0.717, 1.165) is 13.0 Å². The zero-order chi connectivity index (χ0) is 13.0. The summed E-state index contributed by atoms with van der Waals surface area (Å²) in [7, 11) is 1.89. The molecule has 0 fully saturated rings. The van der Waals surface area contributed by atoms with Crippen LogP contribution in [0.15, 0.2) is 18.2 Å². The molecule has 1 aromatic rings. The van der Waals surface area contributed by atoms with Gasteiger partial charge in [0.2, 0.25) is 0 Å². The van der Waals surface area contributed by atoms with Gasteiger partial charge in [-0.25, -0.2) is 4.39 Å². The molecular formula is C14H22FNO. The summed E-state index contributed by atoms with van der Waals surface area (Å²) >= 11 is 0. The lowest BCUT2D eigenvalue weighted by Crippen LogP contribution is -2.21. The summed E-state index contributed by atoms with van der Waals surface area (Å²) in [5.74, 6) is 0.340. The van der Waals surface area contributed by atoms with E-state index in [1.165, 1.54) is 6.07 Å². The Hall–Kier alpha value is -1.09. The molecule has 0 amide bonds.